The summed E-state index contributed by atoms with van der Waals surface area (Å²) in [6, 6.07) is 0.349. The summed E-state index contributed by atoms with van der Waals surface area (Å²) >= 11 is 1.50. The summed E-state index contributed by atoms with van der Waals surface area (Å²) in [5, 5.41) is 24.6. The van der Waals surface area contributed by atoms with Gasteiger partial charge in [-0.05, 0) is 19.3 Å². The quantitative estimate of drug-likeness (QED) is 0.201. The van der Waals surface area contributed by atoms with Crippen LogP contribution in [0.1, 0.15) is 32.4 Å². The molecule has 2 aliphatic rings. The Kier molecular flexibility index (Phi) is 6.33. The molecule has 0 unspecified atom stereocenters. The third-order valence-corrected chi connectivity index (χ3v) is 6.31. The molecule has 14 heteroatoms. The third kappa shape index (κ3) is 4.78. The predicted molar refractivity (Wildman–Crippen MR) is 107 cm³/mol. The lowest BCUT2D eigenvalue weighted by Crippen LogP contribution is -2.33. The summed E-state index contributed by atoms with van der Waals surface area (Å²) in [6.45, 7) is 1.48. The van der Waals surface area contributed by atoms with Crippen molar-refractivity contribution in [3.05, 3.63) is 6.33 Å². The first kappa shape index (κ1) is 21.9. The maximum Gasteiger partial charge on any atom is 0.469 e. The zero-order chi connectivity index (χ0) is 21.5. The van der Waals surface area contributed by atoms with Crippen LogP contribution in [-0.2, 0) is 13.8 Å². The molecule has 2 aromatic heterocycles. The van der Waals surface area contributed by atoms with Gasteiger partial charge in [0.15, 0.2) is 28.4 Å². The Labute approximate surface area is 176 Å². The zero-order valence-corrected chi connectivity index (χ0v) is 17.9. The molecule has 1 saturated heterocycles. The fourth-order valence-electron chi connectivity index (χ4n) is 3.13. The highest BCUT2D eigenvalue weighted by Gasteiger charge is 2.45. The van der Waals surface area contributed by atoms with Gasteiger partial charge in [-0.2, -0.15) is 0 Å². The van der Waals surface area contributed by atoms with Gasteiger partial charge in [0.1, 0.15) is 18.3 Å². The van der Waals surface area contributed by atoms with Gasteiger partial charge in [0.2, 0.25) is 0 Å². The first-order valence-corrected chi connectivity index (χ1v) is 12.1. The smallest absolute Gasteiger partial charge is 0.387 e. The molecule has 2 aromatic rings. The van der Waals surface area contributed by atoms with Crippen LogP contribution in [0, 0.1) is 0 Å². The predicted octanol–water partition coefficient (Wildman–Crippen LogP) is 0.631. The Morgan fingerprint density at radius 3 is 2.77 bits per heavy atom. The number of hydrogen-bond donors (Lipinski definition) is 5. The Bertz CT molecular complexity index is 951. The summed E-state index contributed by atoms with van der Waals surface area (Å²) in [7, 11) is -4.74. The van der Waals surface area contributed by atoms with Gasteiger partial charge in [0.05, 0.1) is 12.9 Å². The van der Waals surface area contributed by atoms with E-state index in [9.17, 15) is 14.8 Å². The third-order valence-electron chi connectivity index (χ3n) is 4.77. The minimum atomic E-state index is -4.74. The van der Waals surface area contributed by atoms with Crippen LogP contribution in [0.3, 0.4) is 0 Å². The van der Waals surface area contributed by atoms with Crippen LogP contribution in [0.25, 0.3) is 11.2 Å². The molecule has 4 rings (SSSR count). The zero-order valence-electron chi connectivity index (χ0n) is 16.2. The number of thioether (sulfide) groups is 1. The van der Waals surface area contributed by atoms with Crippen molar-refractivity contribution in [3.8, 4) is 0 Å². The van der Waals surface area contributed by atoms with Crippen molar-refractivity contribution in [1.82, 2.24) is 19.5 Å². The van der Waals surface area contributed by atoms with Crippen LogP contribution in [0.5, 0.6) is 0 Å². The fraction of sp³-hybridized carbons (Fsp3) is 0.688. The molecule has 3 heterocycles. The molecule has 1 aliphatic heterocycles. The molecule has 2 fully saturated rings. The second kappa shape index (κ2) is 8.67. The maximum atomic E-state index is 10.9. The molecule has 0 aromatic carbocycles. The largest absolute Gasteiger partial charge is 0.469 e. The van der Waals surface area contributed by atoms with Gasteiger partial charge in [-0.15, -0.1) is 0 Å². The van der Waals surface area contributed by atoms with Gasteiger partial charge < -0.3 is 30.1 Å². The van der Waals surface area contributed by atoms with Gasteiger partial charge in [0, 0.05) is 11.8 Å². The average Bonchev–Trinajstić information content (AvgIpc) is 3.34. The minimum Gasteiger partial charge on any atom is -0.387 e. The number of aliphatic hydroxyl groups excluding tert-OH is 2. The van der Waals surface area contributed by atoms with Gasteiger partial charge in [-0.3, -0.25) is 9.09 Å². The Hall–Kier alpha value is -1.31. The number of imidazole rings is 1. The number of fused-ring (bicyclic) bond motifs is 1. The molecule has 0 spiro atoms. The average molecular weight is 461 g/mol. The number of aliphatic hydroxyl groups is 2. The van der Waals surface area contributed by atoms with Crippen LogP contribution in [-0.4, -0.2) is 76.2 Å². The second-order valence-electron chi connectivity index (χ2n) is 7.28. The number of rotatable bonds is 9. The normalized spacial score (nSPS) is 27.1. The highest BCUT2D eigenvalue weighted by molar-refractivity contribution is 7.99. The van der Waals surface area contributed by atoms with Crippen molar-refractivity contribution in [2.45, 2.75) is 61.9 Å². The number of nitrogens with one attached hydrogen (secondary N) is 1. The number of nitrogens with zero attached hydrogens (tertiary/aromatic N) is 4. The van der Waals surface area contributed by atoms with Crippen molar-refractivity contribution in [2.24, 2.45) is 0 Å². The lowest BCUT2D eigenvalue weighted by molar-refractivity contribution is -0.0504. The summed E-state index contributed by atoms with van der Waals surface area (Å²) in [6.07, 6.45) is -0.443. The number of aromatic nitrogens is 4. The van der Waals surface area contributed by atoms with Crippen LogP contribution in [0.2, 0.25) is 0 Å². The fourth-order valence-corrected chi connectivity index (χ4v) is 4.16. The van der Waals surface area contributed by atoms with Gasteiger partial charge in [0.25, 0.3) is 0 Å². The van der Waals surface area contributed by atoms with Gasteiger partial charge in [-0.25, -0.2) is 19.5 Å². The second-order valence-corrected chi connectivity index (χ2v) is 9.58. The van der Waals surface area contributed by atoms with Crippen LogP contribution >= 0.6 is 19.6 Å². The van der Waals surface area contributed by atoms with Crippen LogP contribution < -0.4 is 5.32 Å². The summed E-state index contributed by atoms with van der Waals surface area (Å²) in [5.74, 6) is 1.44. The van der Waals surface area contributed by atoms with E-state index in [4.69, 9.17) is 14.5 Å². The molecule has 12 nitrogen and oxygen atoms in total. The lowest BCUT2D eigenvalue weighted by Gasteiger charge is -2.17. The Morgan fingerprint density at radius 2 is 2.10 bits per heavy atom. The molecular weight excluding hydrogens is 437 g/mol. The molecule has 30 heavy (non-hydrogen) atoms. The van der Waals surface area contributed by atoms with E-state index in [1.165, 1.54) is 22.7 Å². The van der Waals surface area contributed by atoms with Crippen LogP contribution in [0.15, 0.2) is 11.5 Å². The Morgan fingerprint density at radius 1 is 1.33 bits per heavy atom. The summed E-state index contributed by atoms with van der Waals surface area (Å²) in [5.41, 5.74) is 0.947. The van der Waals surface area contributed by atoms with Crippen LogP contribution in [0.4, 0.5) is 5.82 Å². The number of anilines is 1. The molecule has 166 valence electrons. The van der Waals surface area contributed by atoms with E-state index in [2.05, 4.69) is 31.7 Å². The van der Waals surface area contributed by atoms with Crippen molar-refractivity contribution in [2.75, 3.05) is 17.7 Å². The van der Waals surface area contributed by atoms with E-state index < -0.39 is 39.0 Å². The van der Waals surface area contributed by atoms with E-state index in [-0.39, 0.29) is 0 Å². The topological polar surface area (TPSA) is 172 Å². The van der Waals surface area contributed by atoms with Gasteiger partial charge >= 0.3 is 7.82 Å². The number of phosphoric acid groups is 1. The summed E-state index contributed by atoms with van der Waals surface area (Å²) in [4.78, 5) is 31.3. The van der Waals surface area contributed by atoms with Gasteiger partial charge in [-0.1, -0.05) is 18.7 Å². The summed E-state index contributed by atoms with van der Waals surface area (Å²) < 4.78 is 22.5. The molecule has 0 amide bonds. The number of ether oxygens (including phenoxy) is 1. The van der Waals surface area contributed by atoms with E-state index in [0.717, 1.165) is 25.0 Å². The molecule has 5 N–H and O–H groups in total. The molecule has 1 saturated carbocycles. The number of phosphoric ester groups is 1. The lowest BCUT2D eigenvalue weighted by atomic mass is 10.1. The first-order valence-electron chi connectivity index (χ1n) is 9.62. The molecule has 0 radical (unpaired) electrons. The van der Waals surface area contributed by atoms with E-state index >= 15 is 0 Å². The standard InChI is InChI=1S/C16H24N5O7PS/c1-2-5-30-16-19-13(18-8-3-4-8)10-14(20-16)21(7-17-10)15-12(23)11(22)9(28-15)6-27-29(24,25)26/h7-9,11-12,15,22-23H,2-6H2,1H3,(H,18,19,20)(H2,24,25,26)/t9-,11-,12-,15-/m1/s1. The van der Waals surface area contributed by atoms with Crippen molar-refractivity contribution in [1.29, 1.82) is 0 Å². The Balaban J connectivity index is 1.63. The highest BCUT2D eigenvalue weighted by Crippen LogP contribution is 2.39. The molecule has 4 atom stereocenters. The van der Waals surface area contributed by atoms with E-state index in [1.54, 1.807) is 0 Å². The molecule has 0 bridgehead atoms. The molecular formula is C16H24N5O7PS. The first-order chi connectivity index (χ1) is 14.3. The SMILES string of the molecule is CCCSc1nc(NC2CC2)c2ncn([C@@H]3O[C@H](COP(=O)(O)O)[C@@H](O)[C@H]3O)c2n1. The monoisotopic (exact) mass is 461 g/mol. The minimum absolute atomic E-state index is 0.349. The molecule has 1 aliphatic carbocycles. The van der Waals surface area contributed by atoms with Crippen molar-refractivity contribution < 1.29 is 33.8 Å². The maximum absolute atomic E-state index is 10.9. The van der Waals surface area contributed by atoms with E-state index in [0.29, 0.717) is 28.2 Å². The van der Waals surface area contributed by atoms with Crippen molar-refractivity contribution >= 4 is 36.6 Å². The van der Waals surface area contributed by atoms with Crippen molar-refractivity contribution in [3.63, 3.8) is 0 Å². The number of hydrogen-bond acceptors (Lipinski definition) is 10. The highest BCUT2D eigenvalue weighted by atomic mass is 32.2. The van der Waals surface area contributed by atoms with E-state index in [1.807, 2.05) is 0 Å².